The van der Waals surface area contributed by atoms with Gasteiger partial charge in [-0.2, -0.15) is 0 Å². The molecule has 1 fully saturated rings. The molecule has 26 heavy (non-hydrogen) atoms. The van der Waals surface area contributed by atoms with Crippen molar-refractivity contribution in [1.82, 2.24) is 10.3 Å². The van der Waals surface area contributed by atoms with Crippen LogP contribution in [0.3, 0.4) is 0 Å². The van der Waals surface area contributed by atoms with Crippen LogP contribution in [0.25, 0.3) is 0 Å². The molecule has 2 aromatic rings. The van der Waals surface area contributed by atoms with Crippen LogP contribution in [-0.4, -0.2) is 31.2 Å². The van der Waals surface area contributed by atoms with Crippen LogP contribution in [0.2, 0.25) is 0 Å². The molecule has 0 spiro atoms. The van der Waals surface area contributed by atoms with E-state index in [1.807, 2.05) is 18.2 Å². The zero-order chi connectivity index (χ0) is 18.4. The molecule has 0 saturated heterocycles. The number of nitrogens with zero attached hydrogens (tertiary/aromatic N) is 1. The van der Waals surface area contributed by atoms with E-state index in [-0.39, 0.29) is 11.9 Å². The summed E-state index contributed by atoms with van der Waals surface area (Å²) >= 11 is 0. The maximum absolute atomic E-state index is 12.5. The first-order chi connectivity index (χ1) is 12.7. The first-order valence-electron chi connectivity index (χ1n) is 8.94. The predicted octanol–water partition coefficient (Wildman–Crippen LogP) is 3.90. The van der Waals surface area contributed by atoms with Gasteiger partial charge in [0.2, 0.25) is 0 Å². The number of methoxy groups -OCH3 is 2. The van der Waals surface area contributed by atoms with Crippen molar-refractivity contribution in [3.05, 3.63) is 42.2 Å². The second kappa shape index (κ2) is 8.56. The normalized spacial score (nSPS) is 14.5. The van der Waals surface area contributed by atoms with Crippen molar-refractivity contribution in [2.24, 2.45) is 0 Å². The topological polar surface area (TPSA) is 72.5 Å². The zero-order valence-electron chi connectivity index (χ0n) is 15.2. The molecule has 3 rings (SSSR count). The fraction of sp³-hybridized carbons (Fsp3) is 0.400. The molecule has 138 valence electrons. The van der Waals surface area contributed by atoms with E-state index < -0.39 is 0 Å². The van der Waals surface area contributed by atoms with Crippen molar-refractivity contribution < 1.29 is 14.3 Å². The van der Waals surface area contributed by atoms with Crippen molar-refractivity contribution in [3.63, 3.8) is 0 Å². The Morgan fingerprint density at radius 1 is 1.08 bits per heavy atom. The highest BCUT2D eigenvalue weighted by Crippen LogP contribution is 2.31. The monoisotopic (exact) mass is 355 g/mol. The summed E-state index contributed by atoms with van der Waals surface area (Å²) in [6, 6.07) is 7.56. The fourth-order valence-corrected chi connectivity index (χ4v) is 3.22. The molecule has 0 bridgehead atoms. The third kappa shape index (κ3) is 4.45. The SMILES string of the molecule is COc1ccc(OC)c(Nc2cncc(C(=O)NC3CCCCC3)c2)c1. The number of hydrogen-bond donors (Lipinski definition) is 2. The Labute approximate surface area is 153 Å². The third-order valence-electron chi connectivity index (χ3n) is 4.63. The molecule has 6 heteroatoms. The summed E-state index contributed by atoms with van der Waals surface area (Å²) in [5, 5.41) is 6.37. The highest BCUT2D eigenvalue weighted by molar-refractivity contribution is 5.95. The Bertz CT molecular complexity index is 758. The lowest BCUT2D eigenvalue weighted by Crippen LogP contribution is -2.36. The van der Waals surface area contributed by atoms with E-state index in [4.69, 9.17) is 9.47 Å². The molecule has 2 N–H and O–H groups in total. The lowest BCUT2D eigenvalue weighted by Gasteiger charge is -2.22. The number of aromatic nitrogens is 1. The molecule has 1 aromatic carbocycles. The van der Waals surface area contributed by atoms with Gasteiger partial charge in [0.1, 0.15) is 11.5 Å². The summed E-state index contributed by atoms with van der Waals surface area (Å²) in [5.41, 5.74) is 2.01. The van der Waals surface area contributed by atoms with Crippen LogP contribution in [0.15, 0.2) is 36.7 Å². The summed E-state index contributed by atoms with van der Waals surface area (Å²) in [4.78, 5) is 16.7. The molecule has 6 nitrogen and oxygen atoms in total. The molecule has 1 aliphatic rings. The number of hydrogen-bond acceptors (Lipinski definition) is 5. The van der Waals surface area contributed by atoms with Crippen LogP contribution in [0.4, 0.5) is 11.4 Å². The van der Waals surface area contributed by atoms with Gasteiger partial charge in [0.15, 0.2) is 0 Å². The number of benzene rings is 1. The number of pyridine rings is 1. The first-order valence-corrected chi connectivity index (χ1v) is 8.94. The average molecular weight is 355 g/mol. The van der Waals surface area contributed by atoms with Gasteiger partial charge < -0.3 is 20.1 Å². The summed E-state index contributed by atoms with van der Waals surface area (Å²) in [5.74, 6) is 1.32. The Hall–Kier alpha value is -2.76. The van der Waals surface area contributed by atoms with Gasteiger partial charge in [0.25, 0.3) is 5.91 Å². The number of nitrogens with one attached hydrogen (secondary N) is 2. The van der Waals surface area contributed by atoms with Gasteiger partial charge in [-0.1, -0.05) is 19.3 Å². The van der Waals surface area contributed by atoms with Gasteiger partial charge in [-0.3, -0.25) is 9.78 Å². The first kappa shape index (κ1) is 18.0. The Morgan fingerprint density at radius 2 is 1.88 bits per heavy atom. The van der Waals surface area contributed by atoms with Gasteiger partial charge >= 0.3 is 0 Å². The number of amides is 1. The van der Waals surface area contributed by atoms with Gasteiger partial charge in [-0.25, -0.2) is 0 Å². The lowest BCUT2D eigenvalue weighted by molar-refractivity contribution is 0.0927. The molecule has 0 unspecified atom stereocenters. The van der Waals surface area contributed by atoms with Gasteiger partial charge in [0, 0.05) is 18.3 Å². The van der Waals surface area contributed by atoms with Gasteiger partial charge in [0.05, 0.1) is 37.4 Å². The van der Waals surface area contributed by atoms with Crippen LogP contribution in [0, 0.1) is 0 Å². The molecule has 1 heterocycles. The summed E-state index contributed by atoms with van der Waals surface area (Å²) in [6.45, 7) is 0. The number of carbonyl (C=O) groups excluding carboxylic acids is 1. The summed E-state index contributed by atoms with van der Waals surface area (Å²) in [6.07, 6.45) is 9.00. The van der Waals surface area contributed by atoms with E-state index in [2.05, 4.69) is 15.6 Å². The van der Waals surface area contributed by atoms with Crippen molar-refractivity contribution in [3.8, 4) is 11.5 Å². The summed E-state index contributed by atoms with van der Waals surface area (Å²) in [7, 11) is 3.22. The third-order valence-corrected chi connectivity index (χ3v) is 4.63. The van der Waals surface area contributed by atoms with Gasteiger partial charge in [-0.15, -0.1) is 0 Å². The van der Waals surface area contributed by atoms with Crippen molar-refractivity contribution in [1.29, 1.82) is 0 Å². The highest BCUT2D eigenvalue weighted by atomic mass is 16.5. The van der Waals surface area contributed by atoms with Crippen LogP contribution in [0.5, 0.6) is 11.5 Å². The molecule has 1 saturated carbocycles. The molecular weight excluding hydrogens is 330 g/mol. The second-order valence-corrected chi connectivity index (χ2v) is 6.46. The van der Waals surface area contributed by atoms with Gasteiger partial charge in [-0.05, 0) is 31.0 Å². The maximum atomic E-state index is 12.5. The average Bonchev–Trinajstić information content (AvgIpc) is 2.69. The number of rotatable bonds is 6. The Morgan fingerprint density at radius 3 is 2.62 bits per heavy atom. The molecule has 0 aliphatic heterocycles. The fourth-order valence-electron chi connectivity index (χ4n) is 3.22. The van der Waals surface area contributed by atoms with Crippen molar-refractivity contribution in [2.45, 2.75) is 38.1 Å². The van der Waals surface area contributed by atoms with E-state index in [9.17, 15) is 4.79 Å². The van der Waals surface area contributed by atoms with Crippen LogP contribution in [0.1, 0.15) is 42.5 Å². The largest absolute Gasteiger partial charge is 0.497 e. The molecule has 0 radical (unpaired) electrons. The smallest absolute Gasteiger partial charge is 0.253 e. The van der Waals surface area contributed by atoms with E-state index in [0.29, 0.717) is 22.7 Å². The van der Waals surface area contributed by atoms with E-state index in [1.54, 1.807) is 32.7 Å². The van der Waals surface area contributed by atoms with Crippen molar-refractivity contribution in [2.75, 3.05) is 19.5 Å². The van der Waals surface area contributed by atoms with E-state index in [0.717, 1.165) is 18.5 Å². The minimum Gasteiger partial charge on any atom is -0.497 e. The van der Waals surface area contributed by atoms with Crippen LogP contribution < -0.4 is 20.1 Å². The molecule has 1 aromatic heterocycles. The van der Waals surface area contributed by atoms with E-state index >= 15 is 0 Å². The Kier molecular flexibility index (Phi) is 5.94. The highest BCUT2D eigenvalue weighted by Gasteiger charge is 2.17. The minimum atomic E-state index is -0.0781. The van der Waals surface area contributed by atoms with Crippen LogP contribution in [-0.2, 0) is 0 Å². The zero-order valence-corrected chi connectivity index (χ0v) is 15.2. The predicted molar refractivity (Wildman–Crippen MR) is 101 cm³/mol. The van der Waals surface area contributed by atoms with Crippen LogP contribution >= 0.6 is 0 Å². The molecular formula is C20H25N3O3. The standard InChI is InChI=1S/C20H25N3O3/c1-25-17-8-9-19(26-2)18(11-17)22-16-10-14(12-21-13-16)20(24)23-15-6-4-3-5-7-15/h8-13,15,22H,3-7H2,1-2H3,(H,23,24). The Balaban J connectivity index is 1.74. The quantitative estimate of drug-likeness (QED) is 0.822. The maximum Gasteiger partial charge on any atom is 0.253 e. The molecule has 1 amide bonds. The number of anilines is 2. The molecule has 1 aliphatic carbocycles. The summed E-state index contributed by atoms with van der Waals surface area (Å²) < 4.78 is 10.6. The van der Waals surface area contributed by atoms with Crippen molar-refractivity contribution >= 4 is 17.3 Å². The minimum absolute atomic E-state index is 0.0781. The molecule has 0 atom stereocenters. The number of carbonyl (C=O) groups is 1. The van der Waals surface area contributed by atoms with E-state index in [1.165, 1.54) is 19.3 Å². The second-order valence-electron chi connectivity index (χ2n) is 6.46. The lowest BCUT2D eigenvalue weighted by atomic mass is 9.95. The number of ether oxygens (including phenoxy) is 2.